The Kier molecular flexibility index (Phi) is 5.85. The maximum Gasteiger partial charge on any atom is 0.273 e. The fourth-order valence-electron chi connectivity index (χ4n) is 2.91. The van der Waals surface area contributed by atoms with E-state index < -0.39 is 11.0 Å². The van der Waals surface area contributed by atoms with Gasteiger partial charge in [0, 0.05) is 25.2 Å². The van der Waals surface area contributed by atoms with E-state index in [1.807, 2.05) is 0 Å². The predicted molar refractivity (Wildman–Crippen MR) is 99.2 cm³/mol. The standard InChI is InChI=1S/C20H24N2O4/c1-15-5-7-16(8-6-15)12-21(17-9-10-17)13-19(23)14-26-20-4-2-3-18(11-20)22(24)25/h2-8,11,17,19,23H,9-10,12-14H2,1H3. The molecule has 1 aliphatic rings. The third-order valence-corrected chi connectivity index (χ3v) is 4.49. The van der Waals surface area contributed by atoms with Gasteiger partial charge in [-0.15, -0.1) is 0 Å². The van der Waals surface area contributed by atoms with Crippen molar-refractivity contribution >= 4 is 5.69 Å². The van der Waals surface area contributed by atoms with Gasteiger partial charge in [-0.3, -0.25) is 15.0 Å². The zero-order chi connectivity index (χ0) is 18.5. The van der Waals surface area contributed by atoms with Crippen LogP contribution in [0.25, 0.3) is 0 Å². The van der Waals surface area contributed by atoms with Crippen LogP contribution in [-0.4, -0.2) is 40.2 Å². The summed E-state index contributed by atoms with van der Waals surface area (Å²) in [6.07, 6.45) is 1.66. The van der Waals surface area contributed by atoms with Crippen LogP contribution in [0.3, 0.4) is 0 Å². The maximum absolute atomic E-state index is 10.8. The van der Waals surface area contributed by atoms with Crippen LogP contribution in [0, 0.1) is 17.0 Å². The molecule has 3 rings (SSSR count). The highest BCUT2D eigenvalue weighted by atomic mass is 16.6. The Bertz CT molecular complexity index is 744. The molecule has 2 aromatic rings. The summed E-state index contributed by atoms with van der Waals surface area (Å²) in [6.45, 7) is 3.50. The van der Waals surface area contributed by atoms with Crippen LogP contribution >= 0.6 is 0 Å². The second-order valence-electron chi connectivity index (χ2n) is 6.87. The van der Waals surface area contributed by atoms with Gasteiger partial charge >= 0.3 is 0 Å². The number of hydrogen-bond donors (Lipinski definition) is 1. The number of rotatable bonds is 9. The second kappa shape index (κ2) is 8.29. The molecule has 0 bridgehead atoms. The zero-order valence-corrected chi connectivity index (χ0v) is 14.9. The smallest absolute Gasteiger partial charge is 0.273 e. The third-order valence-electron chi connectivity index (χ3n) is 4.49. The van der Waals surface area contributed by atoms with Crippen molar-refractivity contribution in [3.8, 4) is 5.75 Å². The molecule has 26 heavy (non-hydrogen) atoms. The van der Waals surface area contributed by atoms with Gasteiger partial charge in [0.2, 0.25) is 0 Å². The summed E-state index contributed by atoms with van der Waals surface area (Å²) in [5.41, 5.74) is 2.45. The van der Waals surface area contributed by atoms with Gasteiger partial charge in [0.1, 0.15) is 18.5 Å². The summed E-state index contributed by atoms with van der Waals surface area (Å²) in [5.74, 6) is 0.398. The minimum atomic E-state index is -0.652. The van der Waals surface area contributed by atoms with Crippen molar-refractivity contribution in [2.24, 2.45) is 0 Å². The number of aryl methyl sites for hydroxylation is 1. The van der Waals surface area contributed by atoms with Gasteiger partial charge in [0.25, 0.3) is 5.69 Å². The van der Waals surface area contributed by atoms with Crippen molar-refractivity contribution in [2.45, 2.75) is 38.5 Å². The molecule has 1 saturated carbocycles. The number of benzene rings is 2. The van der Waals surface area contributed by atoms with E-state index in [0.29, 0.717) is 18.3 Å². The van der Waals surface area contributed by atoms with Gasteiger partial charge in [-0.1, -0.05) is 35.9 Å². The van der Waals surface area contributed by atoms with Crippen molar-refractivity contribution in [3.05, 3.63) is 69.8 Å². The quantitative estimate of drug-likeness (QED) is 0.551. The summed E-state index contributed by atoms with van der Waals surface area (Å²) in [4.78, 5) is 12.6. The zero-order valence-electron chi connectivity index (χ0n) is 14.9. The fourth-order valence-corrected chi connectivity index (χ4v) is 2.91. The van der Waals surface area contributed by atoms with Crippen LogP contribution in [0.1, 0.15) is 24.0 Å². The first-order chi connectivity index (χ1) is 12.5. The molecule has 1 aliphatic carbocycles. The largest absolute Gasteiger partial charge is 0.491 e. The number of hydrogen-bond acceptors (Lipinski definition) is 5. The number of nitro groups is 1. The van der Waals surface area contributed by atoms with Crippen LogP contribution < -0.4 is 4.74 Å². The molecule has 1 atom stereocenters. The lowest BCUT2D eigenvalue weighted by atomic mass is 10.1. The van der Waals surface area contributed by atoms with Crippen LogP contribution in [-0.2, 0) is 6.54 Å². The first-order valence-electron chi connectivity index (χ1n) is 8.86. The Morgan fingerprint density at radius 2 is 2.00 bits per heavy atom. The molecule has 0 radical (unpaired) electrons. The van der Waals surface area contributed by atoms with E-state index in [0.717, 1.165) is 19.4 Å². The van der Waals surface area contributed by atoms with Crippen molar-refractivity contribution in [1.29, 1.82) is 0 Å². The second-order valence-corrected chi connectivity index (χ2v) is 6.87. The molecule has 1 N–H and O–H groups in total. The van der Waals surface area contributed by atoms with Crippen molar-refractivity contribution in [1.82, 2.24) is 4.90 Å². The van der Waals surface area contributed by atoms with Crippen LogP contribution in [0.5, 0.6) is 5.75 Å². The highest BCUT2D eigenvalue weighted by Gasteiger charge is 2.30. The summed E-state index contributed by atoms with van der Waals surface area (Å²) >= 11 is 0. The summed E-state index contributed by atoms with van der Waals surface area (Å²) in [5, 5.41) is 21.2. The first kappa shape index (κ1) is 18.4. The lowest BCUT2D eigenvalue weighted by Crippen LogP contribution is -2.36. The van der Waals surface area contributed by atoms with E-state index in [9.17, 15) is 15.2 Å². The molecule has 0 aliphatic heterocycles. The monoisotopic (exact) mass is 356 g/mol. The Balaban J connectivity index is 1.53. The van der Waals surface area contributed by atoms with Crippen molar-refractivity contribution in [2.75, 3.05) is 13.2 Å². The molecule has 1 fully saturated rings. The highest BCUT2D eigenvalue weighted by molar-refractivity contribution is 5.37. The fraction of sp³-hybridized carbons (Fsp3) is 0.400. The highest BCUT2D eigenvalue weighted by Crippen LogP contribution is 2.28. The average Bonchev–Trinajstić information content (AvgIpc) is 3.46. The molecular weight excluding hydrogens is 332 g/mol. The van der Waals surface area contributed by atoms with Crippen LogP contribution in [0.15, 0.2) is 48.5 Å². The van der Waals surface area contributed by atoms with Crippen LogP contribution in [0.4, 0.5) is 5.69 Å². The third kappa shape index (κ3) is 5.28. The molecule has 0 saturated heterocycles. The minimum absolute atomic E-state index is 0.0176. The molecule has 0 spiro atoms. The summed E-state index contributed by atoms with van der Waals surface area (Å²) < 4.78 is 5.54. The van der Waals surface area contributed by atoms with Gasteiger partial charge in [-0.25, -0.2) is 0 Å². The van der Waals surface area contributed by atoms with E-state index in [1.54, 1.807) is 12.1 Å². The molecular formula is C20H24N2O4. The van der Waals surface area contributed by atoms with Gasteiger partial charge in [-0.05, 0) is 31.4 Å². The Morgan fingerprint density at radius 1 is 1.27 bits per heavy atom. The number of ether oxygens (including phenoxy) is 1. The molecule has 1 unspecified atom stereocenters. The number of nitro benzene ring substituents is 1. The van der Waals surface area contributed by atoms with E-state index >= 15 is 0 Å². The van der Waals surface area contributed by atoms with Crippen molar-refractivity contribution in [3.63, 3.8) is 0 Å². The lowest BCUT2D eigenvalue weighted by Gasteiger charge is -2.25. The first-order valence-corrected chi connectivity index (χ1v) is 8.86. The van der Waals surface area contributed by atoms with E-state index in [2.05, 4.69) is 36.1 Å². The van der Waals surface area contributed by atoms with Crippen molar-refractivity contribution < 1.29 is 14.8 Å². The minimum Gasteiger partial charge on any atom is -0.491 e. The molecule has 0 amide bonds. The molecule has 6 heteroatoms. The Labute approximate surface area is 153 Å². The summed E-state index contributed by atoms with van der Waals surface area (Å²) in [7, 11) is 0. The number of aliphatic hydroxyl groups is 1. The average molecular weight is 356 g/mol. The topological polar surface area (TPSA) is 75.8 Å². The normalized spacial score (nSPS) is 15.0. The summed E-state index contributed by atoms with van der Waals surface area (Å²) in [6, 6.07) is 15.0. The molecule has 0 aromatic heterocycles. The Hall–Kier alpha value is -2.44. The van der Waals surface area contributed by atoms with Gasteiger partial charge in [0.15, 0.2) is 0 Å². The van der Waals surface area contributed by atoms with Gasteiger partial charge < -0.3 is 9.84 Å². The Morgan fingerprint density at radius 3 is 2.65 bits per heavy atom. The molecule has 0 heterocycles. The van der Waals surface area contributed by atoms with Crippen LogP contribution in [0.2, 0.25) is 0 Å². The van der Waals surface area contributed by atoms with E-state index in [-0.39, 0.29) is 12.3 Å². The number of non-ortho nitro benzene ring substituents is 1. The molecule has 138 valence electrons. The predicted octanol–water partition coefficient (Wildman–Crippen LogP) is 3.31. The van der Waals surface area contributed by atoms with E-state index in [4.69, 9.17) is 4.74 Å². The lowest BCUT2D eigenvalue weighted by molar-refractivity contribution is -0.384. The number of aliphatic hydroxyl groups excluding tert-OH is 1. The van der Waals surface area contributed by atoms with E-state index in [1.165, 1.54) is 23.3 Å². The van der Waals surface area contributed by atoms with Gasteiger partial charge in [-0.2, -0.15) is 0 Å². The maximum atomic E-state index is 10.8. The number of nitrogens with zero attached hydrogens (tertiary/aromatic N) is 2. The SMILES string of the molecule is Cc1ccc(CN(CC(O)COc2cccc([N+](=O)[O-])c2)C2CC2)cc1. The molecule has 2 aromatic carbocycles. The molecule has 6 nitrogen and oxygen atoms in total. The van der Waals surface area contributed by atoms with Gasteiger partial charge in [0.05, 0.1) is 11.0 Å².